The summed E-state index contributed by atoms with van der Waals surface area (Å²) in [6.07, 6.45) is 6.07. The van der Waals surface area contributed by atoms with E-state index < -0.39 is 0 Å². The number of hydrogen-bond donors (Lipinski definition) is 0. The average Bonchev–Trinajstić information content (AvgIpc) is 2.46. The molecule has 1 aromatic heterocycles. The third-order valence-corrected chi connectivity index (χ3v) is 1.96. The molecule has 0 unspecified atom stereocenters. The standard InChI is InChI=1S/C8H16N4/c1-3-4-5-6-7-8-9-10-11-12(8)2/h3-7H2,1-2H3. The van der Waals surface area contributed by atoms with Gasteiger partial charge < -0.3 is 0 Å². The highest BCUT2D eigenvalue weighted by atomic mass is 15.5. The summed E-state index contributed by atoms with van der Waals surface area (Å²) in [6, 6.07) is 0. The fourth-order valence-corrected chi connectivity index (χ4v) is 1.17. The topological polar surface area (TPSA) is 43.6 Å². The first-order chi connectivity index (χ1) is 5.84. The zero-order chi connectivity index (χ0) is 8.81. The van der Waals surface area contributed by atoms with Crippen molar-refractivity contribution in [2.24, 2.45) is 7.05 Å². The molecule has 1 heterocycles. The Balaban J connectivity index is 2.20. The van der Waals surface area contributed by atoms with Crippen LogP contribution in [0.2, 0.25) is 0 Å². The summed E-state index contributed by atoms with van der Waals surface area (Å²) in [5, 5.41) is 11.3. The summed E-state index contributed by atoms with van der Waals surface area (Å²) in [6.45, 7) is 2.21. The maximum absolute atomic E-state index is 3.92. The molecule has 0 atom stereocenters. The van der Waals surface area contributed by atoms with Crippen molar-refractivity contribution in [3.63, 3.8) is 0 Å². The van der Waals surface area contributed by atoms with E-state index in [1.165, 1.54) is 25.7 Å². The lowest BCUT2D eigenvalue weighted by Crippen LogP contribution is -1.99. The lowest BCUT2D eigenvalue weighted by atomic mass is 10.1. The zero-order valence-electron chi connectivity index (χ0n) is 7.82. The number of tetrazole rings is 1. The monoisotopic (exact) mass is 168 g/mol. The summed E-state index contributed by atoms with van der Waals surface area (Å²) in [5.74, 6) is 0.992. The number of nitrogens with zero attached hydrogens (tertiary/aromatic N) is 4. The molecule has 1 rings (SSSR count). The molecule has 4 nitrogen and oxygen atoms in total. The molecular formula is C8H16N4. The first kappa shape index (κ1) is 9.16. The lowest BCUT2D eigenvalue weighted by molar-refractivity contribution is 0.619. The minimum Gasteiger partial charge on any atom is -0.233 e. The van der Waals surface area contributed by atoms with E-state index in [0.717, 1.165) is 12.2 Å². The van der Waals surface area contributed by atoms with Gasteiger partial charge in [-0.1, -0.05) is 26.2 Å². The third kappa shape index (κ3) is 2.60. The highest BCUT2D eigenvalue weighted by Crippen LogP contribution is 2.03. The Hall–Kier alpha value is -0.930. The summed E-state index contributed by atoms with van der Waals surface area (Å²) in [4.78, 5) is 0. The molecule has 0 aliphatic heterocycles. The summed E-state index contributed by atoms with van der Waals surface area (Å²) >= 11 is 0. The second-order valence-corrected chi connectivity index (χ2v) is 3.03. The SMILES string of the molecule is CCCCCCc1nnnn1C. The van der Waals surface area contributed by atoms with Crippen molar-refractivity contribution in [2.45, 2.75) is 39.0 Å². The van der Waals surface area contributed by atoms with Gasteiger partial charge in [-0.3, -0.25) is 0 Å². The van der Waals surface area contributed by atoms with Crippen LogP contribution in [0, 0.1) is 0 Å². The van der Waals surface area contributed by atoms with Crippen molar-refractivity contribution in [2.75, 3.05) is 0 Å². The van der Waals surface area contributed by atoms with Gasteiger partial charge in [0.25, 0.3) is 0 Å². The predicted molar refractivity (Wildman–Crippen MR) is 46.6 cm³/mol. The fourth-order valence-electron chi connectivity index (χ4n) is 1.17. The van der Waals surface area contributed by atoms with Crippen LogP contribution in [0.4, 0.5) is 0 Å². The first-order valence-corrected chi connectivity index (χ1v) is 4.56. The Labute approximate surface area is 73.0 Å². The molecule has 1 aromatic rings. The Morgan fingerprint density at radius 2 is 2.08 bits per heavy atom. The number of hydrogen-bond acceptors (Lipinski definition) is 3. The number of aryl methyl sites for hydroxylation is 2. The first-order valence-electron chi connectivity index (χ1n) is 4.56. The molecular weight excluding hydrogens is 152 g/mol. The minimum absolute atomic E-state index is 0.992. The van der Waals surface area contributed by atoms with Crippen LogP contribution in [0.3, 0.4) is 0 Å². The van der Waals surface area contributed by atoms with E-state index in [0.29, 0.717) is 0 Å². The maximum atomic E-state index is 3.92. The molecule has 0 bridgehead atoms. The van der Waals surface area contributed by atoms with Crippen molar-refractivity contribution in [3.05, 3.63) is 5.82 Å². The molecule has 0 fully saturated rings. The van der Waals surface area contributed by atoms with Gasteiger partial charge in [0.2, 0.25) is 0 Å². The zero-order valence-corrected chi connectivity index (χ0v) is 7.82. The average molecular weight is 168 g/mol. The Morgan fingerprint density at radius 3 is 2.67 bits per heavy atom. The van der Waals surface area contributed by atoms with E-state index in [9.17, 15) is 0 Å². The summed E-state index contributed by atoms with van der Waals surface area (Å²) in [7, 11) is 1.88. The van der Waals surface area contributed by atoms with Gasteiger partial charge in [0.15, 0.2) is 5.82 Å². The largest absolute Gasteiger partial charge is 0.233 e. The molecule has 0 saturated heterocycles. The van der Waals surface area contributed by atoms with Crippen molar-refractivity contribution in [3.8, 4) is 0 Å². The van der Waals surface area contributed by atoms with E-state index in [1.54, 1.807) is 4.68 Å². The van der Waals surface area contributed by atoms with E-state index >= 15 is 0 Å². The molecule has 12 heavy (non-hydrogen) atoms. The van der Waals surface area contributed by atoms with Crippen LogP contribution >= 0.6 is 0 Å². The van der Waals surface area contributed by atoms with Crippen LogP contribution in [-0.4, -0.2) is 20.2 Å². The van der Waals surface area contributed by atoms with Crippen LogP contribution in [0.15, 0.2) is 0 Å². The molecule has 68 valence electrons. The quantitative estimate of drug-likeness (QED) is 0.623. The van der Waals surface area contributed by atoms with Gasteiger partial charge in [0.1, 0.15) is 0 Å². The highest BCUT2D eigenvalue weighted by Gasteiger charge is 1.99. The highest BCUT2D eigenvalue weighted by molar-refractivity contribution is 4.78. The number of rotatable bonds is 5. The van der Waals surface area contributed by atoms with E-state index in [2.05, 4.69) is 22.4 Å². The molecule has 0 N–H and O–H groups in total. The molecule has 0 spiro atoms. The fraction of sp³-hybridized carbons (Fsp3) is 0.875. The third-order valence-electron chi connectivity index (χ3n) is 1.96. The van der Waals surface area contributed by atoms with Crippen LogP contribution < -0.4 is 0 Å². The van der Waals surface area contributed by atoms with Gasteiger partial charge in [-0.25, -0.2) is 4.68 Å². The normalized spacial score (nSPS) is 10.5. The summed E-state index contributed by atoms with van der Waals surface area (Å²) < 4.78 is 1.74. The number of aromatic nitrogens is 4. The van der Waals surface area contributed by atoms with Gasteiger partial charge in [-0.2, -0.15) is 0 Å². The minimum atomic E-state index is 0.992. The van der Waals surface area contributed by atoms with Crippen LogP contribution in [0.25, 0.3) is 0 Å². The second-order valence-electron chi connectivity index (χ2n) is 3.03. The van der Waals surface area contributed by atoms with E-state index in [-0.39, 0.29) is 0 Å². The van der Waals surface area contributed by atoms with E-state index in [1.807, 2.05) is 7.05 Å². The second kappa shape index (κ2) is 4.85. The molecule has 0 radical (unpaired) electrons. The van der Waals surface area contributed by atoms with Crippen molar-refractivity contribution in [1.29, 1.82) is 0 Å². The molecule has 4 heteroatoms. The van der Waals surface area contributed by atoms with Gasteiger partial charge in [0.05, 0.1) is 0 Å². The maximum Gasteiger partial charge on any atom is 0.150 e. The smallest absolute Gasteiger partial charge is 0.150 e. The summed E-state index contributed by atoms with van der Waals surface area (Å²) in [5.41, 5.74) is 0. The van der Waals surface area contributed by atoms with E-state index in [4.69, 9.17) is 0 Å². The van der Waals surface area contributed by atoms with Gasteiger partial charge >= 0.3 is 0 Å². The van der Waals surface area contributed by atoms with Crippen LogP contribution in [-0.2, 0) is 13.5 Å². The Kier molecular flexibility index (Phi) is 3.70. The molecule has 0 aromatic carbocycles. The van der Waals surface area contributed by atoms with Crippen molar-refractivity contribution in [1.82, 2.24) is 20.2 Å². The molecule has 0 aliphatic carbocycles. The van der Waals surface area contributed by atoms with Gasteiger partial charge in [0, 0.05) is 13.5 Å². The van der Waals surface area contributed by atoms with Crippen LogP contribution in [0.5, 0.6) is 0 Å². The number of unbranched alkanes of at least 4 members (excludes halogenated alkanes) is 3. The van der Waals surface area contributed by atoms with Crippen molar-refractivity contribution < 1.29 is 0 Å². The lowest BCUT2D eigenvalue weighted by Gasteiger charge is -1.97. The molecule has 0 saturated carbocycles. The van der Waals surface area contributed by atoms with Crippen molar-refractivity contribution >= 4 is 0 Å². The Bertz CT molecular complexity index is 219. The van der Waals surface area contributed by atoms with Gasteiger partial charge in [-0.15, -0.1) is 5.10 Å². The Morgan fingerprint density at radius 1 is 1.25 bits per heavy atom. The molecule has 0 amide bonds. The van der Waals surface area contributed by atoms with Gasteiger partial charge in [-0.05, 0) is 16.8 Å². The molecule has 0 aliphatic rings. The predicted octanol–water partition coefficient (Wildman–Crippen LogP) is 1.33. The van der Waals surface area contributed by atoms with Crippen LogP contribution in [0.1, 0.15) is 38.4 Å².